The number of carbonyl (C=O) groups excluding carboxylic acids is 1. The predicted octanol–water partition coefficient (Wildman–Crippen LogP) is 1.99. The molecule has 1 fully saturated rings. The highest BCUT2D eigenvalue weighted by molar-refractivity contribution is 6.64. The first kappa shape index (κ1) is 11.0. The Morgan fingerprint density at radius 2 is 2.08 bits per heavy atom. The number of hydrogen-bond acceptors (Lipinski definition) is 3. The molecular formula is C9H16ClNO2. The van der Waals surface area contributed by atoms with Gasteiger partial charge in [-0.05, 0) is 31.4 Å². The third kappa shape index (κ3) is 4.07. The molecule has 0 bridgehead atoms. The number of carbonyl (C=O) groups is 1. The molecule has 0 spiro atoms. The van der Waals surface area contributed by atoms with E-state index in [4.69, 9.17) is 16.4 Å². The number of hydroxylamine groups is 1. The fourth-order valence-corrected chi connectivity index (χ4v) is 1.47. The summed E-state index contributed by atoms with van der Waals surface area (Å²) in [7, 11) is 0. The molecule has 0 amide bonds. The number of nitrogens with one attached hydrogen (secondary N) is 1. The second-order valence-corrected chi connectivity index (χ2v) is 3.89. The van der Waals surface area contributed by atoms with Gasteiger partial charge in [-0.25, -0.2) is 0 Å². The molecule has 0 aromatic carbocycles. The lowest BCUT2D eigenvalue weighted by Gasteiger charge is -2.22. The SMILES string of the molecule is CC(NOC1CCCCC1)C(=O)Cl. The molecule has 4 heteroatoms. The summed E-state index contributed by atoms with van der Waals surface area (Å²) in [5, 5.41) is -0.407. The Bertz CT molecular complexity index is 169. The van der Waals surface area contributed by atoms with E-state index in [1.807, 2.05) is 0 Å². The summed E-state index contributed by atoms with van der Waals surface area (Å²) in [6.45, 7) is 1.69. The van der Waals surface area contributed by atoms with Crippen LogP contribution < -0.4 is 5.48 Å². The lowest BCUT2D eigenvalue weighted by atomic mass is 9.98. The van der Waals surface area contributed by atoms with Crippen LogP contribution in [0.5, 0.6) is 0 Å². The Hall–Kier alpha value is -0.120. The van der Waals surface area contributed by atoms with Crippen LogP contribution in [0.15, 0.2) is 0 Å². The van der Waals surface area contributed by atoms with Gasteiger partial charge in [-0.15, -0.1) is 0 Å². The molecular weight excluding hydrogens is 190 g/mol. The van der Waals surface area contributed by atoms with Gasteiger partial charge in [0.15, 0.2) is 0 Å². The minimum absolute atomic E-state index is 0.257. The summed E-state index contributed by atoms with van der Waals surface area (Å²) in [6, 6.07) is -0.413. The van der Waals surface area contributed by atoms with Gasteiger partial charge >= 0.3 is 0 Å². The first-order valence-electron chi connectivity index (χ1n) is 4.80. The first-order valence-corrected chi connectivity index (χ1v) is 5.18. The van der Waals surface area contributed by atoms with Crippen molar-refractivity contribution >= 4 is 16.8 Å². The Kier molecular flexibility index (Phi) is 4.70. The maximum atomic E-state index is 10.6. The topological polar surface area (TPSA) is 38.3 Å². The molecule has 13 heavy (non-hydrogen) atoms. The van der Waals surface area contributed by atoms with Gasteiger partial charge in [0.05, 0.1) is 6.10 Å². The van der Waals surface area contributed by atoms with E-state index in [1.165, 1.54) is 19.3 Å². The van der Waals surface area contributed by atoms with E-state index in [2.05, 4.69) is 5.48 Å². The van der Waals surface area contributed by atoms with Crippen molar-refractivity contribution in [1.29, 1.82) is 0 Å². The highest BCUT2D eigenvalue weighted by Gasteiger charge is 2.16. The van der Waals surface area contributed by atoms with Crippen LogP contribution in [0.25, 0.3) is 0 Å². The normalized spacial score (nSPS) is 21.4. The standard InChI is InChI=1S/C9H16ClNO2/c1-7(9(10)12)11-13-8-5-3-2-4-6-8/h7-8,11H,2-6H2,1H3. The molecule has 3 nitrogen and oxygen atoms in total. The Morgan fingerprint density at radius 3 is 2.62 bits per heavy atom. The molecule has 1 unspecified atom stereocenters. The van der Waals surface area contributed by atoms with Crippen molar-refractivity contribution in [1.82, 2.24) is 5.48 Å². The Labute approximate surface area is 83.7 Å². The molecule has 1 aliphatic carbocycles. The zero-order chi connectivity index (χ0) is 9.68. The summed E-state index contributed by atoms with van der Waals surface area (Å²) in [4.78, 5) is 16.0. The summed E-state index contributed by atoms with van der Waals surface area (Å²) in [6.07, 6.45) is 6.15. The quantitative estimate of drug-likeness (QED) is 0.564. The van der Waals surface area contributed by atoms with Crippen LogP contribution in [0, 0.1) is 0 Å². The molecule has 0 aromatic heterocycles. The van der Waals surface area contributed by atoms with Crippen LogP contribution in [0.4, 0.5) is 0 Å². The highest BCUT2D eigenvalue weighted by atomic mass is 35.5. The molecule has 0 radical (unpaired) electrons. The molecule has 0 aromatic rings. The minimum atomic E-state index is -0.413. The molecule has 0 saturated heterocycles. The van der Waals surface area contributed by atoms with Gasteiger partial charge in [-0.2, -0.15) is 5.48 Å². The zero-order valence-corrected chi connectivity index (χ0v) is 8.64. The van der Waals surface area contributed by atoms with Crippen LogP contribution in [-0.2, 0) is 9.63 Å². The van der Waals surface area contributed by atoms with Crippen molar-refractivity contribution in [2.45, 2.75) is 51.2 Å². The van der Waals surface area contributed by atoms with Gasteiger partial charge < -0.3 is 0 Å². The summed E-state index contributed by atoms with van der Waals surface area (Å²) < 4.78 is 0. The van der Waals surface area contributed by atoms with Gasteiger partial charge in [0.25, 0.3) is 0 Å². The first-order chi connectivity index (χ1) is 6.20. The van der Waals surface area contributed by atoms with Gasteiger partial charge in [-0.3, -0.25) is 9.63 Å². The Morgan fingerprint density at radius 1 is 1.46 bits per heavy atom. The molecule has 1 aliphatic rings. The maximum absolute atomic E-state index is 10.6. The van der Waals surface area contributed by atoms with Crippen molar-refractivity contribution in [2.75, 3.05) is 0 Å². The third-order valence-corrected chi connectivity index (χ3v) is 2.63. The number of halogens is 1. The molecule has 1 rings (SSSR count). The Balaban J connectivity index is 2.13. The van der Waals surface area contributed by atoms with Crippen LogP contribution in [0.2, 0.25) is 0 Å². The van der Waals surface area contributed by atoms with E-state index in [0.717, 1.165) is 12.8 Å². The monoisotopic (exact) mass is 205 g/mol. The van der Waals surface area contributed by atoms with Crippen LogP contribution >= 0.6 is 11.6 Å². The van der Waals surface area contributed by atoms with Crippen LogP contribution in [0.3, 0.4) is 0 Å². The second-order valence-electron chi connectivity index (χ2n) is 3.52. The third-order valence-electron chi connectivity index (χ3n) is 2.30. The molecule has 1 atom stereocenters. The van der Waals surface area contributed by atoms with Crippen molar-refractivity contribution in [3.63, 3.8) is 0 Å². The lowest BCUT2D eigenvalue weighted by Crippen LogP contribution is -2.35. The van der Waals surface area contributed by atoms with Gasteiger partial charge in [0.2, 0.25) is 5.24 Å². The van der Waals surface area contributed by atoms with Crippen LogP contribution in [-0.4, -0.2) is 17.4 Å². The molecule has 76 valence electrons. The fraction of sp³-hybridized carbons (Fsp3) is 0.889. The molecule has 1 N–H and O–H groups in total. The largest absolute Gasteiger partial charge is 0.298 e. The fourth-order valence-electron chi connectivity index (χ4n) is 1.43. The molecule has 1 saturated carbocycles. The lowest BCUT2D eigenvalue weighted by molar-refractivity contribution is -0.120. The number of rotatable bonds is 4. The molecule has 0 aliphatic heterocycles. The number of hydrogen-bond donors (Lipinski definition) is 1. The van der Waals surface area contributed by atoms with Gasteiger partial charge in [-0.1, -0.05) is 19.3 Å². The van der Waals surface area contributed by atoms with Crippen molar-refractivity contribution in [3.8, 4) is 0 Å². The highest BCUT2D eigenvalue weighted by Crippen LogP contribution is 2.19. The van der Waals surface area contributed by atoms with Gasteiger partial charge in [0, 0.05) is 0 Å². The van der Waals surface area contributed by atoms with E-state index in [1.54, 1.807) is 6.92 Å². The van der Waals surface area contributed by atoms with Crippen molar-refractivity contribution < 1.29 is 9.63 Å². The maximum Gasteiger partial charge on any atom is 0.240 e. The average Bonchev–Trinajstić information content (AvgIpc) is 2.15. The smallest absolute Gasteiger partial charge is 0.240 e. The molecule has 0 heterocycles. The summed E-state index contributed by atoms with van der Waals surface area (Å²) >= 11 is 5.26. The van der Waals surface area contributed by atoms with Crippen LogP contribution in [0.1, 0.15) is 39.0 Å². The van der Waals surface area contributed by atoms with E-state index >= 15 is 0 Å². The zero-order valence-electron chi connectivity index (χ0n) is 7.88. The minimum Gasteiger partial charge on any atom is -0.298 e. The van der Waals surface area contributed by atoms with Crippen molar-refractivity contribution in [3.05, 3.63) is 0 Å². The van der Waals surface area contributed by atoms with E-state index in [0.29, 0.717) is 0 Å². The predicted molar refractivity (Wildman–Crippen MR) is 51.4 cm³/mol. The summed E-state index contributed by atoms with van der Waals surface area (Å²) in [5.74, 6) is 0. The van der Waals surface area contributed by atoms with E-state index in [-0.39, 0.29) is 6.10 Å². The average molecular weight is 206 g/mol. The van der Waals surface area contributed by atoms with Gasteiger partial charge in [0.1, 0.15) is 6.04 Å². The van der Waals surface area contributed by atoms with Crippen molar-refractivity contribution in [2.24, 2.45) is 0 Å². The van der Waals surface area contributed by atoms with E-state index in [9.17, 15) is 4.79 Å². The second kappa shape index (κ2) is 5.58. The van der Waals surface area contributed by atoms with E-state index < -0.39 is 11.3 Å². The summed E-state index contributed by atoms with van der Waals surface area (Å²) in [5.41, 5.74) is 2.67.